The van der Waals surface area contributed by atoms with Crippen molar-refractivity contribution in [3.8, 4) is 0 Å². The summed E-state index contributed by atoms with van der Waals surface area (Å²) in [5.41, 5.74) is 6.39. The third kappa shape index (κ3) is 2.03. The molecular weight excluding hydrogens is 256 g/mol. The molecule has 0 aliphatic heterocycles. The van der Waals surface area contributed by atoms with Crippen LogP contribution in [0.15, 0.2) is 22.7 Å². The van der Waals surface area contributed by atoms with Crippen LogP contribution in [-0.4, -0.2) is 6.04 Å². The Labute approximate surface area is 91.0 Å². The van der Waals surface area contributed by atoms with Crippen LogP contribution in [0.2, 0.25) is 0 Å². The van der Waals surface area contributed by atoms with Crippen LogP contribution >= 0.6 is 28.3 Å². The van der Waals surface area contributed by atoms with Crippen LogP contribution in [0.25, 0.3) is 0 Å². The van der Waals surface area contributed by atoms with Gasteiger partial charge in [-0.25, -0.2) is 4.39 Å². The molecule has 1 aliphatic rings. The molecule has 0 aromatic heterocycles. The van der Waals surface area contributed by atoms with Gasteiger partial charge in [-0.15, -0.1) is 12.4 Å². The molecule has 1 aliphatic carbocycles. The molecule has 1 fully saturated rings. The minimum Gasteiger partial charge on any atom is -0.327 e. The molecular formula is C9H10BrClFN. The zero-order chi connectivity index (χ0) is 8.72. The van der Waals surface area contributed by atoms with E-state index in [0.29, 0.717) is 0 Å². The molecule has 0 saturated heterocycles. The minimum absolute atomic E-state index is 0. The average Bonchev–Trinajstić information content (AvgIpc) is 2.67. The molecule has 4 heteroatoms. The number of rotatable bonds is 1. The maximum atomic E-state index is 13.2. The highest BCUT2D eigenvalue weighted by Crippen LogP contribution is 2.43. The monoisotopic (exact) mass is 265 g/mol. The van der Waals surface area contributed by atoms with E-state index in [2.05, 4.69) is 15.9 Å². The van der Waals surface area contributed by atoms with Crippen molar-refractivity contribution < 1.29 is 4.39 Å². The first-order valence-electron chi connectivity index (χ1n) is 3.89. The fourth-order valence-corrected chi connectivity index (χ4v) is 2.05. The average molecular weight is 267 g/mol. The quantitative estimate of drug-likeness (QED) is 0.831. The van der Waals surface area contributed by atoms with Crippen LogP contribution in [0.4, 0.5) is 4.39 Å². The van der Waals surface area contributed by atoms with Gasteiger partial charge >= 0.3 is 0 Å². The molecule has 1 aromatic rings. The molecule has 0 bridgehead atoms. The molecule has 72 valence electrons. The first-order chi connectivity index (χ1) is 5.70. The molecule has 1 aromatic carbocycles. The lowest BCUT2D eigenvalue weighted by Crippen LogP contribution is -2.02. The van der Waals surface area contributed by atoms with Crippen LogP contribution in [0.3, 0.4) is 0 Å². The van der Waals surface area contributed by atoms with Gasteiger partial charge in [0.25, 0.3) is 0 Å². The standard InChI is InChI=1S/C9H9BrFN.ClH/c10-6-2-1-3-7(11)9(6)5-4-8(5)12;/h1-3,5,8H,4,12H2;1H. The van der Waals surface area contributed by atoms with E-state index in [1.807, 2.05) is 6.07 Å². The number of hydrogen-bond acceptors (Lipinski definition) is 1. The fourth-order valence-electron chi connectivity index (χ4n) is 1.41. The third-order valence-corrected chi connectivity index (χ3v) is 2.90. The molecule has 1 nitrogen and oxygen atoms in total. The van der Waals surface area contributed by atoms with Crippen molar-refractivity contribution in [3.05, 3.63) is 34.1 Å². The zero-order valence-corrected chi connectivity index (χ0v) is 9.24. The summed E-state index contributed by atoms with van der Waals surface area (Å²) >= 11 is 3.32. The maximum absolute atomic E-state index is 13.2. The lowest BCUT2D eigenvalue weighted by atomic mass is 10.1. The Bertz CT molecular complexity index is 298. The molecule has 13 heavy (non-hydrogen) atoms. The number of benzene rings is 1. The third-order valence-electron chi connectivity index (χ3n) is 2.21. The van der Waals surface area contributed by atoms with Gasteiger partial charge < -0.3 is 5.73 Å². The summed E-state index contributed by atoms with van der Waals surface area (Å²) < 4.78 is 14.1. The van der Waals surface area contributed by atoms with Crippen LogP contribution in [-0.2, 0) is 0 Å². The Kier molecular flexibility index (Phi) is 3.33. The summed E-state index contributed by atoms with van der Waals surface area (Å²) in [5.74, 6) is 0.0721. The molecule has 0 radical (unpaired) electrons. The first-order valence-corrected chi connectivity index (χ1v) is 4.69. The Morgan fingerprint density at radius 2 is 2.08 bits per heavy atom. The van der Waals surface area contributed by atoms with Crippen molar-refractivity contribution in [2.75, 3.05) is 0 Å². The number of hydrogen-bond donors (Lipinski definition) is 1. The highest BCUT2D eigenvalue weighted by molar-refractivity contribution is 9.10. The van der Waals surface area contributed by atoms with E-state index in [-0.39, 0.29) is 30.2 Å². The second kappa shape index (κ2) is 3.95. The van der Waals surface area contributed by atoms with Gasteiger partial charge in [-0.3, -0.25) is 0 Å². The van der Waals surface area contributed by atoms with Crippen molar-refractivity contribution in [1.82, 2.24) is 0 Å². The van der Waals surface area contributed by atoms with Gasteiger partial charge in [-0.1, -0.05) is 22.0 Å². The molecule has 2 atom stereocenters. The maximum Gasteiger partial charge on any atom is 0.127 e. The van der Waals surface area contributed by atoms with E-state index in [1.54, 1.807) is 6.07 Å². The largest absolute Gasteiger partial charge is 0.327 e. The van der Waals surface area contributed by atoms with Gasteiger partial charge in [0.1, 0.15) is 5.82 Å². The SMILES string of the molecule is Cl.NC1CC1c1c(F)cccc1Br. The summed E-state index contributed by atoms with van der Waals surface area (Å²) in [6, 6.07) is 5.17. The summed E-state index contributed by atoms with van der Waals surface area (Å²) in [6.45, 7) is 0. The second-order valence-electron chi connectivity index (χ2n) is 3.14. The normalized spacial score (nSPS) is 25.2. The molecule has 0 heterocycles. The highest BCUT2D eigenvalue weighted by atomic mass is 79.9. The van der Waals surface area contributed by atoms with Crippen LogP contribution in [0.5, 0.6) is 0 Å². The lowest BCUT2D eigenvalue weighted by molar-refractivity contribution is 0.608. The summed E-state index contributed by atoms with van der Waals surface area (Å²) in [7, 11) is 0. The van der Waals surface area contributed by atoms with Gasteiger partial charge in [0.05, 0.1) is 0 Å². The summed E-state index contributed by atoms with van der Waals surface area (Å²) in [6.07, 6.45) is 0.902. The predicted molar refractivity (Wildman–Crippen MR) is 56.7 cm³/mol. The Morgan fingerprint density at radius 3 is 2.54 bits per heavy atom. The van der Waals surface area contributed by atoms with E-state index >= 15 is 0 Å². The molecule has 0 amide bonds. The fraction of sp³-hybridized carbons (Fsp3) is 0.333. The van der Waals surface area contributed by atoms with E-state index in [1.165, 1.54) is 6.07 Å². The Balaban J connectivity index is 0.000000845. The topological polar surface area (TPSA) is 26.0 Å². The van der Waals surface area contributed by atoms with Crippen LogP contribution in [0, 0.1) is 5.82 Å². The first kappa shape index (κ1) is 11.0. The molecule has 0 spiro atoms. The smallest absolute Gasteiger partial charge is 0.127 e. The van der Waals surface area contributed by atoms with E-state index in [9.17, 15) is 4.39 Å². The molecule has 1 saturated carbocycles. The van der Waals surface area contributed by atoms with Gasteiger partial charge in [0, 0.05) is 22.0 Å². The predicted octanol–water partition coefficient (Wildman–Crippen LogP) is 2.82. The Morgan fingerprint density at radius 1 is 1.46 bits per heavy atom. The summed E-state index contributed by atoms with van der Waals surface area (Å²) in [4.78, 5) is 0. The Hall–Kier alpha value is -0.120. The van der Waals surface area contributed by atoms with Crippen molar-refractivity contribution in [1.29, 1.82) is 0 Å². The van der Waals surface area contributed by atoms with E-state index in [0.717, 1.165) is 16.5 Å². The van der Waals surface area contributed by atoms with Crippen molar-refractivity contribution in [2.45, 2.75) is 18.4 Å². The number of halogens is 3. The van der Waals surface area contributed by atoms with Crippen molar-refractivity contribution in [2.24, 2.45) is 5.73 Å². The van der Waals surface area contributed by atoms with Gasteiger partial charge in [-0.2, -0.15) is 0 Å². The van der Waals surface area contributed by atoms with Gasteiger partial charge in [-0.05, 0) is 18.6 Å². The van der Waals surface area contributed by atoms with Gasteiger partial charge in [0.15, 0.2) is 0 Å². The van der Waals surface area contributed by atoms with Crippen molar-refractivity contribution in [3.63, 3.8) is 0 Å². The van der Waals surface area contributed by atoms with Crippen LogP contribution in [0.1, 0.15) is 17.9 Å². The minimum atomic E-state index is -0.151. The van der Waals surface area contributed by atoms with Gasteiger partial charge in [0.2, 0.25) is 0 Å². The molecule has 2 unspecified atom stereocenters. The summed E-state index contributed by atoms with van der Waals surface area (Å²) in [5, 5.41) is 0. The molecule has 2 N–H and O–H groups in total. The van der Waals surface area contributed by atoms with E-state index in [4.69, 9.17) is 5.73 Å². The van der Waals surface area contributed by atoms with Crippen molar-refractivity contribution >= 4 is 28.3 Å². The highest BCUT2D eigenvalue weighted by Gasteiger charge is 2.37. The molecule has 2 rings (SSSR count). The van der Waals surface area contributed by atoms with Crippen LogP contribution < -0.4 is 5.73 Å². The number of nitrogens with two attached hydrogens (primary N) is 1. The second-order valence-corrected chi connectivity index (χ2v) is 4.00. The van der Waals surface area contributed by atoms with E-state index < -0.39 is 0 Å². The lowest BCUT2D eigenvalue weighted by Gasteiger charge is -2.03. The zero-order valence-electron chi connectivity index (χ0n) is 6.84.